The fourth-order valence-corrected chi connectivity index (χ4v) is 3.48. The number of carbonyl (C=O) groups excluding carboxylic acids is 2. The highest BCUT2D eigenvalue weighted by atomic mass is 16.5. The molecule has 2 rings (SSSR count). The normalized spacial score (nSPS) is 15.0. The molecule has 0 spiro atoms. The van der Waals surface area contributed by atoms with Gasteiger partial charge in [-0.05, 0) is 43.7 Å². The second-order valence-corrected chi connectivity index (χ2v) is 7.89. The van der Waals surface area contributed by atoms with Gasteiger partial charge < -0.3 is 14.5 Å². The van der Waals surface area contributed by atoms with Crippen molar-refractivity contribution in [2.24, 2.45) is 5.92 Å². The molecular formula is C22H34N2O3. The van der Waals surface area contributed by atoms with E-state index in [1.807, 2.05) is 41.8 Å². The summed E-state index contributed by atoms with van der Waals surface area (Å²) >= 11 is 0. The van der Waals surface area contributed by atoms with Crippen molar-refractivity contribution in [1.82, 2.24) is 9.80 Å². The molecule has 0 bridgehead atoms. The lowest BCUT2D eigenvalue weighted by atomic mass is 10.1. The van der Waals surface area contributed by atoms with Gasteiger partial charge in [0.1, 0.15) is 5.75 Å². The molecule has 0 saturated carbocycles. The van der Waals surface area contributed by atoms with E-state index in [-0.39, 0.29) is 11.8 Å². The van der Waals surface area contributed by atoms with E-state index < -0.39 is 0 Å². The zero-order valence-corrected chi connectivity index (χ0v) is 17.3. The highest BCUT2D eigenvalue weighted by Gasteiger charge is 2.22. The maximum absolute atomic E-state index is 12.5. The third-order valence-corrected chi connectivity index (χ3v) is 4.97. The van der Waals surface area contributed by atoms with Gasteiger partial charge in [-0.2, -0.15) is 0 Å². The van der Waals surface area contributed by atoms with Crippen LogP contribution in [0.15, 0.2) is 18.2 Å². The lowest BCUT2D eigenvalue weighted by Gasteiger charge is -2.23. The Balaban J connectivity index is 1.74. The molecule has 1 aliphatic heterocycles. The van der Waals surface area contributed by atoms with E-state index in [4.69, 9.17) is 4.74 Å². The number of benzene rings is 1. The summed E-state index contributed by atoms with van der Waals surface area (Å²) in [5.41, 5.74) is 2.25. The monoisotopic (exact) mass is 374 g/mol. The van der Waals surface area contributed by atoms with Crippen molar-refractivity contribution in [3.8, 4) is 5.75 Å². The molecule has 1 aromatic carbocycles. The largest absolute Gasteiger partial charge is 0.493 e. The van der Waals surface area contributed by atoms with Crippen LogP contribution in [0.3, 0.4) is 0 Å². The highest BCUT2D eigenvalue weighted by Crippen LogP contribution is 2.22. The molecule has 150 valence electrons. The molecule has 1 heterocycles. The number of hydrogen-bond acceptors (Lipinski definition) is 3. The van der Waals surface area contributed by atoms with Crippen LogP contribution >= 0.6 is 0 Å². The third-order valence-electron chi connectivity index (χ3n) is 4.97. The van der Waals surface area contributed by atoms with Crippen molar-refractivity contribution in [1.29, 1.82) is 0 Å². The number of ether oxygens (including phenoxy) is 1. The summed E-state index contributed by atoms with van der Waals surface area (Å²) < 4.78 is 5.89. The first-order valence-electron chi connectivity index (χ1n) is 10.1. The van der Waals surface area contributed by atoms with Gasteiger partial charge in [0.05, 0.1) is 6.61 Å². The van der Waals surface area contributed by atoms with Crippen LogP contribution in [-0.4, -0.2) is 54.4 Å². The quantitative estimate of drug-likeness (QED) is 0.686. The van der Waals surface area contributed by atoms with Crippen molar-refractivity contribution in [2.75, 3.05) is 32.8 Å². The molecule has 5 nitrogen and oxygen atoms in total. The SMILES string of the molecule is Cc1cccc(C)c1OCCCC(=O)N1CCCN(C(=O)CC(C)C)CC1. The summed E-state index contributed by atoms with van der Waals surface area (Å²) in [6.45, 7) is 11.5. The topological polar surface area (TPSA) is 49.9 Å². The molecule has 0 atom stereocenters. The van der Waals surface area contributed by atoms with Gasteiger partial charge in [0.15, 0.2) is 0 Å². The molecule has 1 fully saturated rings. The van der Waals surface area contributed by atoms with Gasteiger partial charge in [-0.1, -0.05) is 32.0 Å². The number of para-hydroxylation sites is 1. The predicted molar refractivity (Wildman–Crippen MR) is 108 cm³/mol. The second kappa shape index (κ2) is 10.3. The van der Waals surface area contributed by atoms with E-state index in [1.54, 1.807) is 0 Å². The lowest BCUT2D eigenvalue weighted by Crippen LogP contribution is -2.37. The van der Waals surface area contributed by atoms with E-state index in [0.29, 0.717) is 44.9 Å². The summed E-state index contributed by atoms with van der Waals surface area (Å²) in [5.74, 6) is 1.67. The van der Waals surface area contributed by atoms with E-state index in [2.05, 4.69) is 13.8 Å². The molecule has 1 saturated heterocycles. The standard InChI is InChI=1S/C22H34N2O3/c1-17(2)16-21(26)24-12-7-11-23(13-14-24)20(25)10-6-15-27-22-18(3)8-5-9-19(22)4/h5,8-9,17H,6-7,10-16H2,1-4H3. The summed E-state index contributed by atoms with van der Waals surface area (Å²) in [4.78, 5) is 28.6. The van der Waals surface area contributed by atoms with E-state index >= 15 is 0 Å². The summed E-state index contributed by atoms with van der Waals surface area (Å²) in [5, 5.41) is 0. The minimum atomic E-state index is 0.165. The molecule has 0 N–H and O–H groups in total. The minimum Gasteiger partial charge on any atom is -0.493 e. The Hall–Kier alpha value is -2.04. The van der Waals surface area contributed by atoms with Crippen molar-refractivity contribution < 1.29 is 14.3 Å². The van der Waals surface area contributed by atoms with Crippen molar-refractivity contribution in [3.63, 3.8) is 0 Å². The van der Waals surface area contributed by atoms with Crippen molar-refractivity contribution in [2.45, 2.75) is 53.4 Å². The third kappa shape index (κ3) is 6.56. The second-order valence-electron chi connectivity index (χ2n) is 7.89. The molecule has 5 heteroatoms. The fraction of sp³-hybridized carbons (Fsp3) is 0.636. The number of nitrogens with zero attached hydrogens (tertiary/aromatic N) is 2. The average molecular weight is 375 g/mol. The number of amides is 2. The van der Waals surface area contributed by atoms with Crippen molar-refractivity contribution >= 4 is 11.8 Å². The zero-order valence-electron chi connectivity index (χ0n) is 17.3. The maximum Gasteiger partial charge on any atom is 0.222 e. The smallest absolute Gasteiger partial charge is 0.222 e. The van der Waals surface area contributed by atoms with Crippen LogP contribution in [0.5, 0.6) is 5.75 Å². The van der Waals surface area contributed by atoms with Gasteiger partial charge in [0.2, 0.25) is 11.8 Å². The summed E-state index contributed by atoms with van der Waals surface area (Å²) in [6, 6.07) is 6.10. The van der Waals surface area contributed by atoms with Crippen LogP contribution in [0.4, 0.5) is 0 Å². The van der Waals surface area contributed by atoms with E-state index in [9.17, 15) is 9.59 Å². The van der Waals surface area contributed by atoms with Gasteiger partial charge in [0, 0.05) is 39.0 Å². The van der Waals surface area contributed by atoms with Crippen LogP contribution in [0.1, 0.15) is 50.7 Å². The molecule has 27 heavy (non-hydrogen) atoms. The van der Waals surface area contributed by atoms with Gasteiger partial charge in [-0.3, -0.25) is 9.59 Å². The van der Waals surface area contributed by atoms with Crippen LogP contribution in [0.25, 0.3) is 0 Å². The van der Waals surface area contributed by atoms with E-state index in [0.717, 1.165) is 36.4 Å². The highest BCUT2D eigenvalue weighted by molar-refractivity contribution is 5.77. The van der Waals surface area contributed by atoms with Crippen LogP contribution in [0, 0.1) is 19.8 Å². The van der Waals surface area contributed by atoms with Crippen LogP contribution in [-0.2, 0) is 9.59 Å². The Kier molecular flexibility index (Phi) is 8.14. The number of rotatable bonds is 7. The molecule has 0 unspecified atom stereocenters. The van der Waals surface area contributed by atoms with Crippen molar-refractivity contribution in [3.05, 3.63) is 29.3 Å². The Morgan fingerprint density at radius 1 is 1.00 bits per heavy atom. The van der Waals surface area contributed by atoms with Gasteiger partial charge >= 0.3 is 0 Å². The maximum atomic E-state index is 12.5. The molecule has 1 aromatic rings. The summed E-state index contributed by atoms with van der Waals surface area (Å²) in [6.07, 6.45) is 2.64. The van der Waals surface area contributed by atoms with Crippen LogP contribution in [0.2, 0.25) is 0 Å². The zero-order chi connectivity index (χ0) is 19.8. The number of hydrogen-bond donors (Lipinski definition) is 0. The van der Waals surface area contributed by atoms with Crippen LogP contribution < -0.4 is 4.74 Å². The predicted octanol–water partition coefficient (Wildman–Crippen LogP) is 3.57. The first-order chi connectivity index (χ1) is 12.9. The first kappa shape index (κ1) is 21.3. The Labute approximate surface area is 163 Å². The molecule has 1 aliphatic rings. The Bertz CT molecular complexity index is 622. The van der Waals surface area contributed by atoms with Gasteiger partial charge in [-0.25, -0.2) is 0 Å². The molecule has 2 amide bonds. The first-order valence-corrected chi connectivity index (χ1v) is 10.1. The lowest BCUT2D eigenvalue weighted by molar-refractivity contribution is -0.134. The fourth-order valence-electron chi connectivity index (χ4n) is 3.48. The molecule has 0 radical (unpaired) electrons. The molecule has 0 aromatic heterocycles. The Morgan fingerprint density at radius 2 is 1.59 bits per heavy atom. The van der Waals surface area contributed by atoms with E-state index in [1.165, 1.54) is 0 Å². The minimum absolute atomic E-state index is 0.165. The van der Waals surface area contributed by atoms with Gasteiger partial charge in [0.25, 0.3) is 0 Å². The number of carbonyl (C=O) groups is 2. The average Bonchev–Trinajstić information content (AvgIpc) is 2.86. The molecule has 0 aliphatic carbocycles. The Morgan fingerprint density at radius 3 is 2.19 bits per heavy atom. The molecular weight excluding hydrogens is 340 g/mol. The number of aryl methyl sites for hydroxylation is 2. The van der Waals surface area contributed by atoms with Gasteiger partial charge in [-0.15, -0.1) is 0 Å². The summed E-state index contributed by atoms with van der Waals surface area (Å²) in [7, 11) is 0.